The number of phenols is 1. The molecule has 22 heavy (non-hydrogen) atoms. The average molecular weight is 347 g/mol. The number of ether oxygens (including phenoxy) is 1. The minimum Gasteiger partial charge on any atom is -0.504 e. The van der Waals surface area contributed by atoms with Gasteiger partial charge in [0.2, 0.25) is 0 Å². The Labute approximate surface area is 140 Å². The van der Waals surface area contributed by atoms with E-state index in [0.717, 1.165) is 25.9 Å². The molecule has 0 aliphatic carbocycles. The second kappa shape index (κ2) is 7.40. The molecule has 5 nitrogen and oxygen atoms in total. The molecule has 1 aromatic rings. The molecule has 0 saturated carbocycles. The van der Waals surface area contributed by atoms with E-state index < -0.39 is 5.91 Å². The zero-order valence-corrected chi connectivity index (χ0v) is 14.2. The number of carbonyl (C=O) groups is 1. The number of aromatic hydroxyl groups is 1. The van der Waals surface area contributed by atoms with Gasteiger partial charge in [-0.15, -0.1) is 0 Å². The molecule has 7 heteroatoms. The van der Waals surface area contributed by atoms with E-state index in [1.54, 1.807) is 0 Å². The quantitative estimate of drug-likeness (QED) is 0.860. The normalized spacial score (nSPS) is 18.5. The van der Waals surface area contributed by atoms with Gasteiger partial charge in [-0.2, -0.15) is 0 Å². The van der Waals surface area contributed by atoms with Gasteiger partial charge in [0, 0.05) is 18.7 Å². The van der Waals surface area contributed by atoms with Crippen molar-refractivity contribution < 1.29 is 14.6 Å². The monoisotopic (exact) mass is 346 g/mol. The third-order valence-electron chi connectivity index (χ3n) is 3.99. The van der Waals surface area contributed by atoms with Gasteiger partial charge in [-0.25, -0.2) is 0 Å². The molecular formula is C15H20Cl2N2O3. The van der Waals surface area contributed by atoms with Gasteiger partial charge in [0.15, 0.2) is 11.5 Å². The molecule has 1 heterocycles. The molecule has 0 radical (unpaired) electrons. The first kappa shape index (κ1) is 17.2. The van der Waals surface area contributed by atoms with Crippen LogP contribution in [-0.4, -0.2) is 48.7 Å². The van der Waals surface area contributed by atoms with Gasteiger partial charge in [-0.3, -0.25) is 9.69 Å². The zero-order chi connectivity index (χ0) is 16.3. The van der Waals surface area contributed by atoms with Crippen LogP contribution in [0.15, 0.2) is 6.07 Å². The summed E-state index contributed by atoms with van der Waals surface area (Å²) in [6.45, 7) is 4.65. The minimum atomic E-state index is -0.400. The Morgan fingerprint density at radius 2 is 2.27 bits per heavy atom. The van der Waals surface area contributed by atoms with Gasteiger partial charge in [-0.05, 0) is 25.9 Å². The molecule has 1 atom stereocenters. The molecule has 1 aliphatic heterocycles. The Morgan fingerprint density at radius 3 is 2.91 bits per heavy atom. The summed E-state index contributed by atoms with van der Waals surface area (Å²) >= 11 is 12.0. The fourth-order valence-electron chi connectivity index (χ4n) is 2.85. The van der Waals surface area contributed by atoms with Crippen LogP contribution >= 0.6 is 23.2 Å². The Morgan fingerprint density at radius 1 is 1.55 bits per heavy atom. The molecule has 1 amide bonds. The number of amides is 1. The summed E-state index contributed by atoms with van der Waals surface area (Å²) in [7, 11) is 1.37. The third kappa shape index (κ3) is 3.42. The number of nitrogens with zero attached hydrogens (tertiary/aromatic N) is 1. The van der Waals surface area contributed by atoms with Crippen LogP contribution < -0.4 is 10.1 Å². The molecule has 0 unspecified atom stereocenters. The lowest BCUT2D eigenvalue weighted by Gasteiger charge is -2.23. The Kier molecular flexibility index (Phi) is 5.78. The lowest BCUT2D eigenvalue weighted by molar-refractivity contribution is 0.0938. The smallest absolute Gasteiger partial charge is 0.256 e. The summed E-state index contributed by atoms with van der Waals surface area (Å²) in [5, 5.41) is 12.9. The molecule has 1 fully saturated rings. The number of hydrogen-bond donors (Lipinski definition) is 2. The number of hydrogen-bond acceptors (Lipinski definition) is 4. The number of nitrogens with one attached hydrogen (secondary N) is 1. The number of likely N-dealkylation sites (tertiary alicyclic amines) is 1. The minimum absolute atomic E-state index is 0.0330. The van der Waals surface area contributed by atoms with E-state index in [0.29, 0.717) is 12.6 Å². The Hall–Kier alpha value is -1.17. The Balaban J connectivity index is 2.16. The van der Waals surface area contributed by atoms with Crippen LogP contribution in [0.4, 0.5) is 0 Å². The van der Waals surface area contributed by atoms with Crippen molar-refractivity contribution in [1.82, 2.24) is 10.2 Å². The van der Waals surface area contributed by atoms with Crippen LogP contribution in [0.3, 0.4) is 0 Å². The second-order valence-corrected chi connectivity index (χ2v) is 6.02. The molecule has 2 rings (SSSR count). The van der Waals surface area contributed by atoms with Crippen molar-refractivity contribution in [3.63, 3.8) is 0 Å². The van der Waals surface area contributed by atoms with Gasteiger partial charge >= 0.3 is 0 Å². The van der Waals surface area contributed by atoms with E-state index in [1.807, 2.05) is 0 Å². The SMILES string of the molecule is CCN1CCC[C@H]1CNC(=O)c1c(Cl)c(Cl)cc(O)c1OC. The van der Waals surface area contributed by atoms with E-state index in [4.69, 9.17) is 27.9 Å². The fourth-order valence-corrected chi connectivity index (χ4v) is 3.27. The molecule has 1 aromatic carbocycles. The lowest BCUT2D eigenvalue weighted by atomic mass is 10.1. The van der Waals surface area contributed by atoms with Crippen LogP contribution in [-0.2, 0) is 0 Å². The van der Waals surface area contributed by atoms with Gasteiger partial charge in [0.25, 0.3) is 5.91 Å². The predicted octanol–water partition coefficient (Wildman–Crippen LogP) is 2.92. The summed E-state index contributed by atoms with van der Waals surface area (Å²) in [6.07, 6.45) is 2.19. The van der Waals surface area contributed by atoms with Crippen molar-refractivity contribution in [1.29, 1.82) is 0 Å². The first-order valence-electron chi connectivity index (χ1n) is 7.26. The van der Waals surface area contributed by atoms with Crippen LogP contribution in [0, 0.1) is 0 Å². The summed E-state index contributed by atoms with van der Waals surface area (Å²) in [4.78, 5) is 14.8. The first-order valence-corrected chi connectivity index (χ1v) is 8.02. The highest BCUT2D eigenvalue weighted by Gasteiger charge is 2.26. The van der Waals surface area contributed by atoms with Crippen LogP contribution in [0.25, 0.3) is 0 Å². The van der Waals surface area contributed by atoms with E-state index in [9.17, 15) is 9.90 Å². The summed E-state index contributed by atoms with van der Waals surface area (Å²) in [6, 6.07) is 1.58. The van der Waals surface area contributed by atoms with Crippen LogP contribution in [0.2, 0.25) is 10.0 Å². The number of benzene rings is 1. The maximum Gasteiger partial charge on any atom is 0.256 e. The van der Waals surface area contributed by atoms with Crippen molar-refractivity contribution in [2.45, 2.75) is 25.8 Å². The molecule has 2 N–H and O–H groups in total. The second-order valence-electron chi connectivity index (χ2n) is 5.23. The number of rotatable bonds is 5. The summed E-state index contributed by atoms with van der Waals surface area (Å²) in [5.41, 5.74) is 0.0650. The van der Waals surface area contributed by atoms with E-state index in [1.165, 1.54) is 13.2 Å². The van der Waals surface area contributed by atoms with Crippen molar-refractivity contribution >= 4 is 29.1 Å². The highest BCUT2D eigenvalue weighted by atomic mass is 35.5. The number of halogens is 2. The largest absolute Gasteiger partial charge is 0.504 e. The molecule has 0 aromatic heterocycles. The van der Waals surface area contributed by atoms with Crippen molar-refractivity contribution in [2.75, 3.05) is 26.7 Å². The standard InChI is InChI=1S/C15H20Cl2N2O3/c1-3-19-6-4-5-9(19)8-18-15(21)12-13(17)10(16)7-11(20)14(12)22-2/h7,9,20H,3-6,8H2,1-2H3,(H,18,21)/t9-/m0/s1. The fraction of sp³-hybridized carbons (Fsp3) is 0.533. The molecule has 1 saturated heterocycles. The molecule has 0 bridgehead atoms. The van der Waals surface area contributed by atoms with Gasteiger partial charge in [0.05, 0.1) is 17.2 Å². The third-order valence-corrected chi connectivity index (χ3v) is 4.77. The molecule has 122 valence electrons. The Bertz CT molecular complexity index is 566. The van der Waals surface area contributed by atoms with Gasteiger partial charge in [-0.1, -0.05) is 30.1 Å². The van der Waals surface area contributed by atoms with Crippen molar-refractivity contribution in [3.05, 3.63) is 21.7 Å². The zero-order valence-electron chi connectivity index (χ0n) is 12.7. The molecule has 1 aliphatic rings. The number of methoxy groups -OCH3 is 1. The topological polar surface area (TPSA) is 61.8 Å². The van der Waals surface area contributed by atoms with Crippen molar-refractivity contribution in [2.24, 2.45) is 0 Å². The van der Waals surface area contributed by atoms with Crippen LogP contribution in [0.1, 0.15) is 30.1 Å². The van der Waals surface area contributed by atoms with E-state index in [2.05, 4.69) is 17.1 Å². The predicted molar refractivity (Wildman–Crippen MR) is 87.3 cm³/mol. The maximum atomic E-state index is 12.4. The highest BCUT2D eigenvalue weighted by Crippen LogP contribution is 2.40. The van der Waals surface area contributed by atoms with Gasteiger partial charge in [0.1, 0.15) is 5.56 Å². The molecular weight excluding hydrogens is 327 g/mol. The summed E-state index contributed by atoms with van der Waals surface area (Å²) in [5.74, 6) is -0.577. The summed E-state index contributed by atoms with van der Waals surface area (Å²) < 4.78 is 5.08. The van der Waals surface area contributed by atoms with Crippen molar-refractivity contribution in [3.8, 4) is 11.5 Å². The lowest BCUT2D eigenvalue weighted by Crippen LogP contribution is -2.40. The van der Waals surface area contributed by atoms with E-state index in [-0.39, 0.29) is 27.1 Å². The average Bonchev–Trinajstić information content (AvgIpc) is 2.95. The maximum absolute atomic E-state index is 12.4. The first-order chi connectivity index (χ1) is 10.5. The van der Waals surface area contributed by atoms with E-state index >= 15 is 0 Å². The molecule has 0 spiro atoms. The number of likely N-dealkylation sites (N-methyl/N-ethyl adjacent to an activating group) is 1. The highest BCUT2D eigenvalue weighted by molar-refractivity contribution is 6.44. The van der Waals surface area contributed by atoms with Gasteiger partial charge < -0.3 is 15.2 Å². The number of phenolic OH excluding ortho intramolecular Hbond substituents is 1. The van der Waals surface area contributed by atoms with Crippen LogP contribution in [0.5, 0.6) is 11.5 Å². The number of carbonyl (C=O) groups excluding carboxylic acids is 1.